The fourth-order valence-corrected chi connectivity index (χ4v) is 16.1. The summed E-state index contributed by atoms with van der Waals surface area (Å²) in [7, 11) is 0. The number of halogens is 6. The Hall–Kier alpha value is -9.39. The summed E-state index contributed by atoms with van der Waals surface area (Å²) in [4.78, 5) is 58.2. The van der Waals surface area contributed by atoms with Gasteiger partial charge >= 0.3 is 24.3 Å². The molecular formula is C82H84Cl2F4N8O11. The topological polar surface area (TPSA) is 223 Å². The van der Waals surface area contributed by atoms with Crippen molar-refractivity contribution in [1.82, 2.24) is 24.5 Å². The zero-order valence-corrected chi connectivity index (χ0v) is 61.5. The number of aromatic carboxylic acids is 3. The highest BCUT2D eigenvalue weighted by molar-refractivity contribution is 6.37. The van der Waals surface area contributed by atoms with Gasteiger partial charge in [-0.05, 0) is 176 Å². The molecule has 19 nitrogen and oxygen atoms in total. The van der Waals surface area contributed by atoms with Gasteiger partial charge in [0.05, 0.1) is 55.1 Å². The van der Waals surface area contributed by atoms with Gasteiger partial charge in [-0.3, -0.25) is 19.4 Å². The van der Waals surface area contributed by atoms with E-state index in [0.29, 0.717) is 62.4 Å². The monoisotopic (exact) mass is 1500 g/mol. The van der Waals surface area contributed by atoms with E-state index in [-0.39, 0.29) is 49.8 Å². The van der Waals surface area contributed by atoms with Crippen LogP contribution in [0.3, 0.4) is 0 Å². The number of alkyl halides is 3. The van der Waals surface area contributed by atoms with E-state index in [9.17, 15) is 31.9 Å². The fraction of sp³-hybridized carbons (Fsp3) is 0.402. The van der Waals surface area contributed by atoms with Crippen molar-refractivity contribution in [2.24, 2.45) is 15.5 Å². The SMILES string of the molecule is CC(C)n1nc(CN2CCC3(CC2)CC(c2ccc(C(=O)O)cc2)=NO3)c2c(-c3ccc(F)cc3)cccc21.CC1(C)CCc2cc(CN3CCC4(CC3)CC(c3ccc(C(=O)O)cc3)=NO4)cc(C3CC3)c2O1.O=C(O)c1ccc(C2=NOC3(CCN(Cc4cc(Cl)c(OC(F)(F)F)c(Cl)c4)CC3)C2)cc1. The Morgan fingerprint density at radius 3 is 1.40 bits per heavy atom. The molecule has 1 aromatic heterocycles. The number of carbonyl (C=O) groups is 3. The third kappa shape index (κ3) is 17.1. The number of hydrogen-bond donors (Lipinski definition) is 3. The maximum absolute atomic E-state index is 13.6. The van der Waals surface area contributed by atoms with Crippen LogP contribution in [0.1, 0.15) is 192 Å². The van der Waals surface area contributed by atoms with Gasteiger partial charge in [0.2, 0.25) is 0 Å². The van der Waals surface area contributed by atoms with E-state index >= 15 is 0 Å². The molecule has 0 amide bonds. The number of benzene rings is 7. The molecular weight excluding hydrogens is 1420 g/mol. The third-order valence-electron chi connectivity index (χ3n) is 21.8. The highest BCUT2D eigenvalue weighted by Gasteiger charge is 2.46. The lowest BCUT2D eigenvalue weighted by Crippen LogP contribution is -2.44. The lowest BCUT2D eigenvalue weighted by Gasteiger charge is -2.38. The summed E-state index contributed by atoms with van der Waals surface area (Å²) in [5, 5.41) is 46.1. The number of aryl methyl sites for hydroxylation is 1. The van der Waals surface area contributed by atoms with Crippen molar-refractivity contribution in [3.8, 4) is 22.6 Å². The summed E-state index contributed by atoms with van der Waals surface area (Å²) < 4.78 is 63.6. The summed E-state index contributed by atoms with van der Waals surface area (Å²) >= 11 is 11.9. The largest absolute Gasteiger partial charge is 0.573 e. The molecule has 107 heavy (non-hydrogen) atoms. The van der Waals surface area contributed by atoms with Crippen LogP contribution in [0, 0.1) is 5.82 Å². The van der Waals surface area contributed by atoms with Crippen molar-refractivity contribution >= 4 is 69.1 Å². The van der Waals surface area contributed by atoms with Gasteiger partial charge in [-0.25, -0.2) is 18.8 Å². The number of ether oxygens (including phenoxy) is 2. The Morgan fingerprint density at radius 2 is 0.991 bits per heavy atom. The molecule has 0 bridgehead atoms. The molecule has 8 aliphatic rings. The van der Waals surface area contributed by atoms with E-state index < -0.39 is 35.6 Å². The molecule has 16 rings (SSSR count). The molecule has 0 unspecified atom stereocenters. The van der Waals surface area contributed by atoms with E-state index in [1.165, 1.54) is 71.7 Å². The van der Waals surface area contributed by atoms with Gasteiger partial charge < -0.3 is 39.3 Å². The molecule has 3 spiro atoms. The van der Waals surface area contributed by atoms with E-state index in [2.05, 4.69) is 91.5 Å². The zero-order valence-electron chi connectivity index (χ0n) is 59.9. The molecule has 0 radical (unpaired) electrons. The number of nitrogens with zero attached hydrogens (tertiary/aromatic N) is 8. The smallest absolute Gasteiger partial charge is 0.487 e. The quantitative estimate of drug-likeness (QED) is 0.0765. The Kier molecular flexibility index (Phi) is 21.1. The summed E-state index contributed by atoms with van der Waals surface area (Å²) in [5.41, 5.74) is 14.0. The molecule has 8 aromatic rings. The summed E-state index contributed by atoms with van der Waals surface area (Å²) in [5.74, 6) is -1.84. The minimum atomic E-state index is -4.88. The van der Waals surface area contributed by atoms with Crippen molar-refractivity contribution < 1.29 is 71.3 Å². The first-order valence-corrected chi connectivity index (χ1v) is 37.2. The molecule has 3 N–H and O–H groups in total. The van der Waals surface area contributed by atoms with Crippen LogP contribution < -0.4 is 9.47 Å². The molecule has 7 aromatic carbocycles. The van der Waals surface area contributed by atoms with Gasteiger partial charge in [-0.15, -0.1) is 13.2 Å². The maximum Gasteiger partial charge on any atom is 0.573 e. The predicted molar refractivity (Wildman–Crippen MR) is 399 cm³/mol. The second kappa shape index (κ2) is 30.3. The van der Waals surface area contributed by atoms with E-state index in [0.717, 1.165) is 146 Å². The number of carboxylic acids is 3. The number of aromatic nitrogens is 2. The van der Waals surface area contributed by atoms with Crippen molar-refractivity contribution in [2.45, 2.75) is 172 Å². The molecule has 7 aliphatic heterocycles. The standard InChI is InChI=1S/C31H31FN4O3.C29H34N2O4.C22H19Cl2F3N2O4/c1-20(2)36-28-5-3-4-25(21-10-12-24(32)13-11-21)29(28)27(33-36)19-35-16-14-31(15-17-35)18-26(34-39-31)22-6-8-23(9-7-22)30(37)38;1-28(2)10-9-23-15-19(16-24(20-3-4-20)26(23)34-28)18-31-13-11-29(12-14-31)17-25(30-35-29)21-5-7-22(8-6-21)27(32)33;23-16-9-13(10-17(24)19(16)32-22(25,26)27)12-29-7-5-21(6-8-29)11-18(28-33-21)14-1-3-15(4-2-14)20(30)31/h3-13,20H,14-19H2,1-2H3,(H,37,38);5-8,15-16,20H,3-4,9-14,17-18H2,1-2H3,(H,32,33);1-4,9-10H,5-8,11-12H2,(H,30,31). The van der Waals surface area contributed by atoms with Crippen LogP contribution >= 0.6 is 23.2 Å². The van der Waals surface area contributed by atoms with Gasteiger partial charge in [-0.1, -0.05) is 111 Å². The number of rotatable bonds is 16. The van der Waals surface area contributed by atoms with E-state index in [4.69, 9.17) is 62.9 Å². The summed E-state index contributed by atoms with van der Waals surface area (Å²) in [6.07, 6.45) is 6.99. The first-order chi connectivity index (χ1) is 51.1. The highest BCUT2D eigenvalue weighted by Crippen LogP contribution is 2.50. The number of oxime groups is 3. The Morgan fingerprint density at radius 1 is 0.570 bits per heavy atom. The second-order valence-electron chi connectivity index (χ2n) is 30.4. The summed E-state index contributed by atoms with van der Waals surface area (Å²) in [6, 6.07) is 41.0. The minimum Gasteiger partial charge on any atom is -0.487 e. The molecule has 1 saturated carbocycles. The average molecular weight is 1500 g/mol. The van der Waals surface area contributed by atoms with Crippen molar-refractivity contribution in [2.75, 3.05) is 39.3 Å². The molecule has 3 saturated heterocycles. The van der Waals surface area contributed by atoms with Crippen LogP contribution in [-0.4, -0.2) is 143 Å². The Labute approximate surface area is 627 Å². The van der Waals surface area contributed by atoms with E-state index in [1.807, 2.05) is 30.3 Å². The number of carboxylic acid groups (broad SMARTS) is 3. The molecule has 8 heterocycles. The molecule has 25 heteroatoms. The number of fused-ring (bicyclic) bond motifs is 2. The van der Waals surface area contributed by atoms with Crippen molar-refractivity contribution in [3.05, 3.63) is 217 Å². The van der Waals surface area contributed by atoms with Gasteiger partial charge in [0, 0.05) is 128 Å². The Balaban J connectivity index is 0.000000135. The average Bonchev–Trinajstić information content (AvgIpc) is 1.60. The number of likely N-dealkylation sites (tertiary alicyclic amines) is 3. The minimum absolute atomic E-state index is 0.0696. The van der Waals surface area contributed by atoms with Crippen molar-refractivity contribution in [3.63, 3.8) is 0 Å². The lowest BCUT2D eigenvalue weighted by molar-refractivity contribution is -0.274. The maximum atomic E-state index is 13.6. The first kappa shape index (κ1) is 74.5. The predicted octanol–water partition coefficient (Wildman–Crippen LogP) is 17.6. The molecule has 0 atom stereocenters. The molecule has 560 valence electrons. The van der Waals surface area contributed by atoms with Crippen LogP contribution in [0.2, 0.25) is 10.0 Å². The van der Waals surface area contributed by atoms with Crippen LogP contribution in [0.15, 0.2) is 155 Å². The summed E-state index contributed by atoms with van der Waals surface area (Å²) in [6.45, 7) is 15.9. The molecule has 1 aliphatic carbocycles. The highest BCUT2D eigenvalue weighted by atomic mass is 35.5. The van der Waals surface area contributed by atoms with Crippen molar-refractivity contribution in [1.29, 1.82) is 0 Å². The van der Waals surface area contributed by atoms with Crippen LogP contribution in [0.25, 0.3) is 22.0 Å². The second-order valence-corrected chi connectivity index (χ2v) is 31.2. The number of hydrogen-bond acceptors (Lipinski definition) is 15. The lowest BCUT2D eigenvalue weighted by atomic mass is 9.85. The fourth-order valence-electron chi connectivity index (χ4n) is 15.5. The van der Waals surface area contributed by atoms with Crippen LogP contribution in [0.4, 0.5) is 17.6 Å². The first-order valence-electron chi connectivity index (χ1n) is 36.4. The third-order valence-corrected chi connectivity index (χ3v) is 22.3. The molecule has 4 fully saturated rings. The van der Waals surface area contributed by atoms with Gasteiger partial charge in [0.1, 0.15) is 34.0 Å². The van der Waals surface area contributed by atoms with Gasteiger partial charge in [-0.2, -0.15) is 5.10 Å². The van der Waals surface area contributed by atoms with Crippen LogP contribution in [-0.2, 0) is 40.6 Å². The number of piperidine rings is 3. The van der Waals surface area contributed by atoms with E-state index in [1.54, 1.807) is 48.5 Å². The normalized spacial score (nSPS) is 19.3. The zero-order chi connectivity index (χ0) is 75.2. The van der Waals surface area contributed by atoms with Gasteiger partial charge in [0.25, 0.3) is 0 Å². The van der Waals surface area contributed by atoms with Crippen LogP contribution in [0.5, 0.6) is 11.5 Å². The Bertz CT molecular complexity index is 4730. The van der Waals surface area contributed by atoms with Gasteiger partial charge in [0.15, 0.2) is 5.75 Å².